The first-order chi connectivity index (χ1) is 37.0. The van der Waals surface area contributed by atoms with Crippen molar-refractivity contribution in [3.05, 3.63) is 177 Å². The van der Waals surface area contributed by atoms with Gasteiger partial charge in [0.15, 0.2) is 20.8 Å². The number of nitrogens with zero attached hydrogens (tertiary/aromatic N) is 4. The Kier molecular flexibility index (Phi) is 19.0. The van der Waals surface area contributed by atoms with Crippen LogP contribution < -0.4 is 36.8 Å². The van der Waals surface area contributed by atoms with Crippen LogP contribution in [0.4, 0.5) is 11.6 Å². The monoisotopic (exact) mass is 1110 g/mol. The van der Waals surface area contributed by atoms with E-state index in [1.165, 1.54) is 30.9 Å². The third-order valence-electron chi connectivity index (χ3n) is 14.2. The van der Waals surface area contributed by atoms with Gasteiger partial charge in [0.2, 0.25) is 0 Å². The van der Waals surface area contributed by atoms with E-state index in [0.717, 1.165) is 27.0 Å². The van der Waals surface area contributed by atoms with Crippen LogP contribution in [0.3, 0.4) is 0 Å². The largest absolute Gasteiger partial charge is 0.497 e. The molecule has 3 unspecified atom stereocenters. The van der Waals surface area contributed by atoms with Gasteiger partial charge in [-0.3, -0.25) is 18.5 Å². The Bertz CT molecular complexity index is 3050. The zero-order valence-corrected chi connectivity index (χ0v) is 47.5. The maximum atomic E-state index is 13.8. The van der Waals surface area contributed by atoms with E-state index in [9.17, 15) is 29.2 Å². The van der Waals surface area contributed by atoms with Gasteiger partial charge in [0.05, 0.1) is 44.7 Å². The van der Waals surface area contributed by atoms with Crippen LogP contribution in [0.1, 0.15) is 83.5 Å². The van der Waals surface area contributed by atoms with Crippen LogP contribution in [-0.2, 0) is 38.1 Å². The summed E-state index contributed by atoms with van der Waals surface area (Å²) in [6.45, 7) is 15.6. The number of nitrogens with one attached hydrogen (secondary N) is 2. The summed E-state index contributed by atoms with van der Waals surface area (Å²) in [5, 5.41) is 27.1. The fourth-order valence-corrected chi connectivity index (χ4v) is 12.0. The van der Waals surface area contributed by atoms with E-state index in [-0.39, 0.29) is 23.0 Å². The van der Waals surface area contributed by atoms with Crippen molar-refractivity contribution in [2.75, 3.05) is 25.3 Å². The van der Waals surface area contributed by atoms with Gasteiger partial charge in [-0.2, -0.15) is 15.1 Å². The van der Waals surface area contributed by atoms with Crippen molar-refractivity contribution >= 4 is 33.7 Å². The highest BCUT2D eigenvalue weighted by Crippen LogP contribution is 2.48. The van der Waals surface area contributed by atoms with Crippen LogP contribution in [0.25, 0.3) is 0 Å². The number of para-hydroxylation sites is 1. The lowest BCUT2D eigenvalue weighted by molar-refractivity contribution is -0.142. The molecule has 0 amide bonds. The van der Waals surface area contributed by atoms with Crippen molar-refractivity contribution in [3.63, 3.8) is 0 Å². The van der Waals surface area contributed by atoms with E-state index in [4.69, 9.17) is 33.4 Å². The predicted molar refractivity (Wildman–Crippen MR) is 297 cm³/mol. The lowest BCUT2D eigenvalue weighted by Crippen LogP contribution is -2.46. The van der Waals surface area contributed by atoms with Crippen molar-refractivity contribution in [2.24, 2.45) is 0 Å². The van der Waals surface area contributed by atoms with Gasteiger partial charge in [0, 0.05) is 25.2 Å². The Hall–Kier alpha value is -6.52. The molecular weight excluding hydrogens is 1040 g/mol. The van der Waals surface area contributed by atoms with Gasteiger partial charge in [-0.25, -0.2) is 14.2 Å². The summed E-state index contributed by atoms with van der Waals surface area (Å²) in [6, 6.07) is 38.7. The minimum atomic E-state index is -4.11. The molecule has 8 rings (SSSR count). The number of aliphatic hydroxyl groups excluding tert-OH is 2. The summed E-state index contributed by atoms with van der Waals surface area (Å²) in [5.41, 5.74) is 6.39. The molecule has 2 saturated heterocycles. The van der Waals surface area contributed by atoms with Gasteiger partial charge in [-0.05, 0) is 92.0 Å². The number of hydrogen-bond acceptors (Lipinski definition) is 17. The van der Waals surface area contributed by atoms with E-state index >= 15 is 0 Å². The molecule has 20 nitrogen and oxygen atoms in total. The van der Waals surface area contributed by atoms with Gasteiger partial charge in [-0.15, -0.1) is 0 Å². The summed E-state index contributed by atoms with van der Waals surface area (Å²) in [4.78, 5) is 46.0. The number of rotatable bonds is 19. The third kappa shape index (κ3) is 13.8. The van der Waals surface area contributed by atoms with E-state index in [0.29, 0.717) is 12.2 Å². The van der Waals surface area contributed by atoms with E-state index in [2.05, 4.69) is 83.2 Å². The van der Waals surface area contributed by atoms with Crippen LogP contribution in [0.2, 0.25) is 18.1 Å². The zero-order valence-electron chi connectivity index (χ0n) is 45.6. The molecule has 6 aromatic rings. The topological polar surface area (TPSA) is 259 Å². The maximum Gasteiger partial charge on any atom is 0.459 e. The van der Waals surface area contributed by atoms with Gasteiger partial charge in [-0.1, -0.05) is 112 Å². The highest BCUT2D eigenvalue weighted by Gasteiger charge is 2.47. The van der Waals surface area contributed by atoms with Crippen molar-refractivity contribution < 1.29 is 52.0 Å². The van der Waals surface area contributed by atoms with Crippen molar-refractivity contribution in [2.45, 2.75) is 133 Å². The molecular formula is C56H72N7O13PSi. The molecule has 2 aliphatic rings. The van der Waals surface area contributed by atoms with Crippen LogP contribution in [0.15, 0.2) is 149 Å². The molecule has 78 heavy (non-hydrogen) atoms. The van der Waals surface area contributed by atoms with Crippen LogP contribution in [0.5, 0.6) is 11.5 Å². The minimum absolute atomic E-state index is 0.0306. The molecule has 0 radical (unpaired) electrons. The molecule has 2 aliphatic heterocycles. The molecule has 22 heteroatoms. The van der Waals surface area contributed by atoms with E-state index in [1.54, 1.807) is 63.6 Å². The number of benzene rings is 4. The van der Waals surface area contributed by atoms with Gasteiger partial charge < -0.3 is 49.2 Å². The summed E-state index contributed by atoms with van der Waals surface area (Å²) in [6.07, 6.45) is -2.30. The number of ether oxygens (including phenoxy) is 4. The molecule has 6 N–H and O–H groups in total. The molecule has 0 spiro atoms. The zero-order chi connectivity index (χ0) is 56.6. The molecule has 0 bridgehead atoms. The maximum absolute atomic E-state index is 13.8. The van der Waals surface area contributed by atoms with Gasteiger partial charge in [0.25, 0.3) is 0 Å². The first-order valence-electron chi connectivity index (χ1n) is 25.7. The number of anilines is 2. The number of nitrogens with two attached hydrogens (primary N) is 1. The molecule has 10 atom stereocenters. The summed E-state index contributed by atoms with van der Waals surface area (Å²) in [7, 11) is -3.47. The first-order valence-corrected chi connectivity index (χ1v) is 30.1. The Labute approximate surface area is 455 Å². The molecule has 2 fully saturated rings. The Morgan fingerprint density at radius 1 is 0.756 bits per heavy atom. The fourth-order valence-electron chi connectivity index (χ4n) is 8.99. The smallest absolute Gasteiger partial charge is 0.459 e. The molecule has 0 aliphatic carbocycles. The Morgan fingerprint density at radius 2 is 1.29 bits per heavy atom. The molecule has 0 saturated carbocycles. The van der Waals surface area contributed by atoms with Crippen LogP contribution in [-0.4, -0.2) is 100 Å². The standard InChI is InChI=1S/C36H45N3O5Si.C20H27N4O8P/c1-25(40)30-24-31(44-45(6,7)35(2,3)4)33(43-30)39-23-22-32(37-34(39)41)38-36(26-14-10-8-11-15-26,27-16-12-9-13-17-27)28-18-20-29(42-5)21-19-28;1-12(19(26)29-3)23-33(28,32-14-7-5-4-6-8-14)31-13(2)16-11-15(25)18(30-16)24-10-9-17(21)22-20(24)27/h8-23,25,30-31,33,40H,24H2,1-7H3,(H,37,38,41);4-10,12-13,15-16,18,25H,11H2,1-3H3,(H,23,28)(H2,21,22,27)/t25-,30?,31+,33+;12-,13-,15+,16?,18+,33?/m00/s1. The number of aromatic nitrogens is 4. The number of carbonyl (C=O) groups excluding carboxylic acids is 1. The number of methoxy groups -OCH3 is 2. The average molecular weight is 1110 g/mol. The minimum Gasteiger partial charge on any atom is -0.497 e. The van der Waals surface area contributed by atoms with Crippen molar-refractivity contribution in [3.8, 4) is 11.5 Å². The molecule has 4 heterocycles. The highest BCUT2D eigenvalue weighted by molar-refractivity contribution is 7.52. The predicted octanol–water partition coefficient (Wildman–Crippen LogP) is 7.93. The van der Waals surface area contributed by atoms with Crippen LogP contribution in [0, 0.1) is 0 Å². The number of nitrogen functional groups attached to an aromatic ring is 1. The average Bonchev–Trinajstić information content (AvgIpc) is 4.10. The lowest BCUT2D eigenvalue weighted by Gasteiger charge is -2.39. The lowest BCUT2D eigenvalue weighted by atomic mass is 9.77. The number of aliphatic hydroxyl groups is 2. The third-order valence-corrected chi connectivity index (χ3v) is 20.5. The number of carbonyl (C=O) groups is 1. The summed E-state index contributed by atoms with van der Waals surface area (Å²) < 4.78 is 56.4. The van der Waals surface area contributed by atoms with E-state index < -0.39 is 94.1 Å². The normalized spacial score (nSPS) is 21.5. The Balaban J connectivity index is 0.000000238. The highest BCUT2D eigenvalue weighted by atomic mass is 31.2. The molecule has 2 aromatic heterocycles. The van der Waals surface area contributed by atoms with Gasteiger partial charge >= 0.3 is 25.1 Å². The van der Waals surface area contributed by atoms with Crippen molar-refractivity contribution in [1.29, 1.82) is 0 Å². The second-order valence-corrected chi connectivity index (χ2v) is 27.2. The Morgan fingerprint density at radius 3 is 1.83 bits per heavy atom. The summed E-state index contributed by atoms with van der Waals surface area (Å²) >= 11 is 0. The fraction of sp³-hybridized carbons (Fsp3) is 0.411. The quantitative estimate of drug-likeness (QED) is 0.0223. The SMILES string of the molecule is COC(=O)[C@H](C)NP(=O)(Oc1ccccc1)O[C@@H](C)C1C[C@@H](O)[C@H](n2ccc(N)nc2=O)O1.COc1ccc(C(Nc2ccn([C@@H]3OC([C@H](C)O)C[C@H]3O[Si](C)(C)C(C)(C)C)c(=O)n2)(c2ccccc2)c2ccccc2)cc1. The van der Waals surface area contributed by atoms with Crippen LogP contribution >= 0.6 is 7.75 Å². The second kappa shape index (κ2) is 25.1. The number of hydrogen-bond donors (Lipinski definition) is 5. The van der Waals surface area contributed by atoms with E-state index in [1.807, 2.05) is 60.7 Å². The molecule has 418 valence electrons. The first kappa shape index (κ1) is 59.1. The number of esters is 1. The molecule has 4 aromatic carbocycles. The van der Waals surface area contributed by atoms with Gasteiger partial charge in [0.1, 0.15) is 40.8 Å². The second-order valence-electron chi connectivity index (χ2n) is 20.8. The van der Waals surface area contributed by atoms with Crippen molar-refractivity contribution in [1.82, 2.24) is 24.2 Å². The summed E-state index contributed by atoms with van der Waals surface area (Å²) in [5.74, 6) is 0.790.